The standard InChI is InChI=1S/C22H28N4O3/c1-4-16-9-11-17(12-10-16)15-24-20(27)18-7-5-6-8-19(18)25-22(29)21(28)23-13-14-26(2)3/h5-12H,4,13-15H2,1-3H3,(H,23,28)(H,24,27)(H,25,29). The van der Waals surface area contributed by atoms with Crippen LogP contribution in [0.1, 0.15) is 28.4 Å². The maximum atomic E-state index is 12.6. The topological polar surface area (TPSA) is 90.5 Å². The Morgan fingerprint density at radius 2 is 1.52 bits per heavy atom. The summed E-state index contributed by atoms with van der Waals surface area (Å²) in [7, 11) is 3.75. The zero-order chi connectivity index (χ0) is 21.2. The van der Waals surface area contributed by atoms with Crippen LogP contribution >= 0.6 is 0 Å². The van der Waals surface area contributed by atoms with Crippen LogP contribution in [0, 0.1) is 0 Å². The second kappa shape index (κ2) is 11.0. The molecular weight excluding hydrogens is 368 g/mol. The van der Waals surface area contributed by atoms with Crippen LogP contribution in [0.2, 0.25) is 0 Å². The summed E-state index contributed by atoms with van der Waals surface area (Å²) < 4.78 is 0. The summed E-state index contributed by atoms with van der Waals surface area (Å²) in [5.74, 6) is -1.87. The molecule has 0 aliphatic heterocycles. The maximum absolute atomic E-state index is 12.6. The third kappa shape index (κ3) is 7.04. The van der Waals surface area contributed by atoms with Crippen molar-refractivity contribution in [2.75, 3.05) is 32.5 Å². The van der Waals surface area contributed by atoms with Gasteiger partial charge in [-0.25, -0.2) is 0 Å². The van der Waals surface area contributed by atoms with Crippen LogP contribution in [-0.2, 0) is 22.6 Å². The quantitative estimate of drug-likeness (QED) is 0.594. The molecule has 0 aromatic heterocycles. The number of hydrogen-bond donors (Lipinski definition) is 3. The lowest BCUT2D eigenvalue weighted by Crippen LogP contribution is -2.39. The third-order valence-corrected chi connectivity index (χ3v) is 4.35. The van der Waals surface area contributed by atoms with E-state index in [1.54, 1.807) is 24.3 Å². The first-order valence-corrected chi connectivity index (χ1v) is 9.59. The van der Waals surface area contributed by atoms with Crippen molar-refractivity contribution in [2.24, 2.45) is 0 Å². The van der Waals surface area contributed by atoms with Gasteiger partial charge in [0.15, 0.2) is 0 Å². The molecule has 2 rings (SSSR count). The van der Waals surface area contributed by atoms with Crippen LogP contribution in [-0.4, -0.2) is 49.8 Å². The van der Waals surface area contributed by atoms with Crippen molar-refractivity contribution >= 4 is 23.4 Å². The molecule has 0 radical (unpaired) electrons. The molecule has 7 nitrogen and oxygen atoms in total. The van der Waals surface area contributed by atoms with E-state index in [0.717, 1.165) is 12.0 Å². The zero-order valence-corrected chi connectivity index (χ0v) is 17.1. The Morgan fingerprint density at radius 3 is 2.17 bits per heavy atom. The lowest BCUT2D eigenvalue weighted by atomic mass is 10.1. The van der Waals surface area contributed by atoms with E-state index < -0.39 is 11.8 Å². The molecule has 2 aromatic carbocycles. The van der Waals surface area contributed by atoms with E-state index in [1.807, 2.05) is 43.3 Å². The second-order valence-electron chi connectivity index (χ2n) is 6.91. The number of benzene rings is 2. The lowest BCUT2D eigenvalue weighted by Gasteiger charge is -2.13. The molecule has 0 fully saturated rings. The molecule has 7 heteroatoms. The van der Waals surface area contributed by atoms with Crippen molar-refractivity contribution in [3.05, 3.63) is 65.2 Å². The van der Waals surface area contributed by atoms with Gasteiger partial charge < -0.3 is 20.9 Å². The van der Waals surface area contributed by atoms with Gasteiger partial charge in [0, 0.05) is 19.6 Å². The number of rotatable bonds is 8. The molecule has 0 saturated heterocycles. The van der Waals surface area contributed by atoms with Crippen molar-refractivity contribution in [1.29, 1.82) is 0 Å². The summed E-state index contributed by atoms with van der Waals surface area (Å²) in [6.07, 6.45) is 0.961. The molecule has 2 aromatic rings. The maximum Gasteiger partial charge on any atom is 0.313 e. The Balaban J connectivity index is 1.96. The van der Waals surface area contributed by atoms with Gasteiger partial charge in [0.25, 0.3) is 5.91 Å². The van der Waals surface area contributed by atoms with Gasteiger partial charge in [-0.3, -0.25) is 14.4 Å². The first-order valence-electron chi connectivity index (χ1n) is 9.59. The Morgan fingerprint density at radius 1 is 0.862 bits per heavy atom. The van der Waals surface area contributed by atoms with E-state index in [2.05, 4.69) is 22.9 Å². The first-order chi connectivity index (χ1) is 13.9. The van der Waals surface area contributed by atoms with Crippen LogP contribution in [0.25, 0.3) is 0 Å². The highest BCUT2D eigenvalue weighted by molar-refractivity contribution is 6.40. The van der Waals surface area contributed by atoms with Gasteiger partial charge in [-0.2, -0.15) is 0 Å². The van der Waals surface area contributed by atoms with E-state index in [9.17, 15) is 14.4 Å². The molecule has 0 heterocycles. The number of anilines is 1. The van der Waals surface area contributed by atoms with Crippen LogP contribution in [0.15, 0.2) is 48.5 Å². The number of hydrogen-bond acceptors (Lipinski definition) is 4. The molecule has 3 N–H and O–H groups in total. The van der Waals surface area contributed by atoms with Gasteiger partial charge in [0.05, 0.1) is 11.3 Å². The van der Waals surface area contributed by atoms with Gasteiger partial charge in [-0.1, -0.05) is 43.3 Å². The molecule has 0 aliphatic carbocycles. The summed E-state index contributed by atoms with van der Waals surface area (Å²) in [6, 6.07) is 14.6. The van der Waals surface area contributed by atoms with Gasteiger partial charge in [-0.15, -0.1) is 0 Å². The number of likely N-dealkylation sites (N-methyl/N-ethyl adjacent to an activating group) is 1. The van der Waals surface area contributed by atoms with E-state index in [0.29, 0.717) is 30.9 Å². The Kier molecular flexibility index (Phi) is 8.36. The van der Waals surface area contributed by atoms with Crippen LogP contribution in [0.4, 0.5) is 5.69 Å². The second-order valence-corrected chi connectivity index (χ2v) is 6.91. The van der Waals surface area contributed by atoms with Crippen molar-refractivity contribution in [3.8, 4) is 0 Å². The van der Waals surface area contributed by atoms with E-state index in [4.69, 9.17) is 0 Å². The summed E-state index contributed by atoms with van der Waals surface area (Å²) in [6.45, 7) is 3.44. The fourth-order valence-corrected chi connectivity index (χ4v) is 2.61. The number of para-hydroxylation sites is 1. The SMILES string of the molecule is CCc1ccc(CNC(=O)c2ccccc2NC(=O)C(=O)NCCN(C)C)cc1. The number of amides is 3. The molecule has 3 amide bonds. The minimum absolute atomic E-state index is 0.291. The van der Waals surface area contributed by atoms with Crippen LogP contribution < -0.4 is 16.0 Å². The minimum atomic E-state index is -0.806. The number of carbonyl (C=O) groups is 3. The van der Waals surface area contributed by atoms with E-state index in [1.165, 1.54) is 5.56 Å². The Hall–Kier alpha value is -3.19. The Bertz CT molecular complexity index is 847. The monoisotopic (exact) mass is 396 g/mol. The van der Waals surface area contributed by atoms with Crippen molar-refractivity contribution in [2.45, 2.75) is 19.9 Å². The summed E-state index contributed by atoms with van der Waals surface area (Å²) in [5.41, 5.74) is 2.81. The number of nitrogens with zero attached hydrogens (tertiary/aromatic N) is 1. The number of carbonyl (C=O) groups excluding carboxylic acids is 3. The normalized spacial score (nSPS) is 10.5. The fourth-order valence-electron chi connectivity index (χ4n) is 2.61. The summed E-state index contributed by atoms with van der Waals surface area (Å²) in [4.78, 5) is 38.6. The van der Waals surface area contributed by atoms with E-state index >= 15 is 0 Å². The van der Waals surface area contributed by atoms with Crippen LogP contribution in [0.5, 0.6) is 0 Å². The lowest BCUT2D eigenvalue weighted by molar-refractivity contribution is -0.136. The molecule has 0 spiro atoms. The van der Waals surface area contributed by atoms with E-state index in [-0.39, 0.29) is 5.91 Å². The minimum Gasteiger partial charge on any atom is -0.348 e. The highest BCUT2D eigenvalue weighted by Gasteiger charge is 2.17. The molecule has 0 atom stereocenters. The molecule has 154 valence electrons. The molecular formula is C22H28N4O3. The average molecular weight is 396 g/mol. The van der Waals surface area contributed by atoms with Crippen molar-refractivity contribution in [1.82, 2.24) is 15.5 Å². The van der Waals surface area contributed by atoms with Gasteiger partial charge in [-0.05, 0) is 43.8 Å². The number of nitrogens with one attached hydrogen (secondary N) is 3. The van der Waals surface area contributed by atoms with Crippen molar-refractivity contribution in [3.63, 3.8) is 0 Å². The summed E-state index contributed by atoms with van der Waals surface area (Å²) in [5, 5.41) is 7.91. The van der Waals surface area contributed by atoms with Gasteiger partial charge >= 0.3 is 11.8 Å². The van der Waals surface area contributed by atoms with Crippen molar-refractivity contribution < 1.29 is 14.4 Å². The van der Waals surface area contributed by atoms with Gasteiger partial charge in [0.2, 0.25) is 0 Å². The average Bonchev–Trinajstić information content (AvgIpc) is 2.72. The fraction of sp³-hybridized carbons (Fsp3) is 0.318. The third-order valence-electron chi connectivity index (χ3n) is 4.35. The predicted molar refractivity (Wildman–Crippen MR) is 114 cm³/mol. The predicted octanol–water partition coefficient (Wildman–Crippen LogP) is 1.80. The smallest absolute Gasteiger partial charge is 0.313 e. The Labute approximate surface area is 171 Å². The van der Waals surface area contributed by atoms with Crippen LogP contribution in [0.3, 0.4) is 0 Å². The summed E-state index contributed by atoms with van der Waals surface area (Å²) >= 11 is 0. The first kappa shape index (κ1) is 22.1. The zero-order valence-electron chi connectivity index (χ0n) is 17.1. The molecule has 0 saturated carbocycles. The molecule has 0 aliphatic rings. The molecule has 0 bridgehead atoms. The molecule has 0 unspecified atom stereocenters. The molecule has 29 heavy (non-hydrogen) atoms. The number of aryl methyl sites for hydroxylation is 1. The highest BCUT2D eigenvalue weighted by atomic mass is 16.2. The largest absolute Gasteiger partial charge is 0.348 e. The van der Waals surface area contributed by atoms with Gasteiger partial charge in [0.1, 0.15) is 0 Å². The highest BCUT2D eigenvalue weighted by Crippen LogP contribution is 2.15.